The molecule has 0 saturated carbocycles. The first kappa shape index (κ1) is 21.8. The van der Waals surface area contributed by atoms with Gasteiger partial charge in [0.2, 0.25) is 5.13 Å². The highest BCUT2D eigenvalue weighted by Crippen LogP contribution is 2.27. The van der Waals surface area contributed by atoms with Gasteiger partial charge in [0.15, 0.2) is 0 Å². The number of benzene rings is 3. The topological polar surface area (TPSA) is 46.5 Å². The fourth-order valence-electron chi connectivity index (χ4n) is 2.77. The second-order valence-electron chi connectivity index (χ2n) is 6.48. The number of thiazole rings is 1. The first-order valence-electron chi connectivity index (χ1n) is 9.25. The van der Waals surface area contributed by atoms with Gasteiger partial charge in [-0.25, -0.2) is 4.98 Å². The zero-order valence-electron chi connectivity index (χ0n) is 16.1. The molecular formula is C23H16BrCl2N3OS. The van der Waals surface area contributed by atoms with E-state index in [9.17, 15) is 0 Å². The van der Waals surface area contributed by atoms with Crippen LogP contribution >= 0.6 is 50.5 Å². The van der Waals surface area contributed by atoms with Crippen LogP contribution in [0, 0.1) is 0 Å². The van der Waals surface area contributed by atoms with Crippen molar-refractivity contribution < 1.29 is 4.74 Å². The van der Waals surface area contributed by atoms with Crippen LogP contribution in [-0.2, 0) is 6.61 Å². The number of hydrazone groups is 1. The van der Waals surface area contributed by atoms with Crippen molar-refractivity contribution in [1.82, 2.24) is 4.98 Å². The quantitative estimate of drug-likeness (QED) is 0.194. The number of nitrogens with one attached hydrogen (secondary N) is 1. The minimum absolute atomic E-state index is 0.318. The summed E-state index contributed by atoms with van der Waals surface area (Å²) in [4.78, 5) is 4.57. The van der Waals surface area contributed by atoms with Crippen LogP contribution in [0.5, 0.6) is 5.75 Å². The molecule has 0 aliphatic heterocycles. The first-order chi connectivity index (χ1) is 15.1. The summed E-state index contributed by atoms with van der Waals surface area (Å²) in [6.45, 7) is 0.318. The fraction of sp³-hybridized carbons (Fsp3) is 0.0435. The average Bonchev–Trinajstić information content (AvgIpc) is 3.24. The van der Waals surface area contributed by atoms with Gasteiger partial charge in [-0.2, -0.15) is 5.10 Å². The van der Waals surface area contributed by atoms with Crippen LogP contribution in [0.2, 0.25) is 10.0 Å². The summed E-state index contributed by atoms with van der Waals surface area (Å²) < 4.78 is 6.91. The summed E-state index contributed by atoms with van der Waals surface area (Å²) in [5.74, 6) is 0.684. The normalized spacial score (nSPS) is 11.1. The van der Waals surface area contributed by atoms with E-state index in [0.717, 1.165) is 26.9 Å². The van der Waals surface area contributed by atoms with E-state index in [0.29, 0.717) is 27.5 Å². The third-order valence-corrected chi connectivity index (χ3v) is 6.13. The minimum Gasteiger partial charge on any atom is -0.488 e. The SMILES string of the molecule is Clc1ccc(COc2ccc(Br)cc2C=NNc2nc(-c3ccccc3)cs2)c(Cl)c1. The van der Waals surface area contributed by atoms with Gasteiger partial charge in [0, 0.05) is 36.6 Å². The van der Waals surface area contributed by atoms with Gasteiger partial charge >= 0.3 is 0 Å². The Morgan fingerprint density at radius 1 is 1.06 bits per heavy atom. The summed E-state index contributed by atoms with van der Waals surface area (Å²) >= 11 is 17.2. The Morgan fingerprint density at radius 2 is 1.90 bits per heavy atom. The molecular weight excluding hydrogens is 517 g/mol. The molecule has 0 aliphatic rings. The predicted molar refractivity (Wildman–Crippen MR) is 134 cm³/mol. The summed E-state index contributed by atoms with van der Waals surface area (Å²) in [5.41, 5.74) is 6.63. The molecule has 0 amide bonds. The van der Waals surface area contributed by atoms with Crippen molar-refractivity contribution in [2.24, 2.45) is 5.10 Å². The van der Waals surface area contributed by atoms with Crippen LogP contribution in [0.15, 0.2) is 81.7 Å². The van der Waals surface area contributed by atoms with Crippen molar-refractivity contribution in [3.05, 3.63) is 97.8 Å². The predicted octanol–water partition coefficient (Wildman–Crippen LogP) is 7.90. The van der Waals surface area contributed by atoms with Crippen LogP contribution in [0.4, 0.5) is 5.13 Å². The molecule has 8 heteroatoms. The molecule has 3 aromatic carbocycles. The lowest BCUT2D eigenvalue weighted by Crippen LogP contribution is -2.00. The van der Waals surface area contributed by atoms with E-state index in [-0.39, 0.29) is 0 Å². The van der Waals surface area contributed by atoms with Crippen molar-refractivity contribution in [3.63, 3.8) is 0 Å². The maximum atomic E-state index is 6.24. The van der Waals surface area contributed by atoms with Gasteiger partial charge in [-0.05, 0) is 30.3 Å². The minimum atomic E-state index is 0.318. The number of hydrogen-bond donors (Lipinski definition) is 1. The number of ether oxygens (including phenoxy) is 1. The standard InChI is InChI=1S/C23H16BrCl2N3OS/c24-18-7-9-22(30-13-16-6-8-19(25)11-20(16)26)17(10-18)12-27-29-23-28-21(14-31-23)15-4-2-1-3-5-15/h1-12,14H,13H2,(H,28,29). The lowest BCUT2D eigenvalue weighted by molar-refractivity contribution is 0.306. The maximum absolute atomic E-state index is 6.24. The van der Waals surface area contributed by atoms with Crippen LogP contribution in [0.3, 0.4) is 0 Å². The van der Waals surface area contributed by atoms with Gasteiger partial charge in [0.05, 0.1) is 11.9 Å². The Hall–Kier alpha value is -2.38. The van der Waals surface area contributed by atoms with E-state index in [1.54, 1.807) is 18.3 Å². The monoisotopic (exact) mass is 531 g/mol. The van der Waals surface area contributed by atoms with Gasteiger partial charge in [0.25, 0.3) is 0 Å². The fourth-order valence-corrected chi connectivity index (χ4v) is 4.28. The molecule has 0 bridgehead atoms. The van der Waals surface area contributed by atoms with Gasteiger partial charge < -0.3 is 4.74 Å². The molecule has 1 N–H and O–H groups in total. The molecule has 1 heterocycles. The molecule has 0 saturated heterocycles. The van der Waals surface area contributed by atoms with Crippen molar-refractivity contribution in [1.29, 1.82) is 0 Å². The van der Waals surface area contributed by atoms with Crippen LogP contribution in [0.25, 0.3) is 11.3 Å². The highest BCUT2D eigenvalue weighted by atomic mass is 79.9. The molecule has 0 unspecified atom stereocenters. The lowest BCUT2D eigenvalue weighted by Gasteiger charge is -2.11. The van der Waals surface area contributed by atoms with Gasteiger partial charge in [-0.3, -0.25) is 5.43 Å². The molecule has 0 radical (unpaired) electrons. The smallest absolute Gasteiger partial charge is 0.203 e. The molecule has 0 spiro atoms. The second kappa shape index (κ2) is 10.3. The Kier molecular flexibility index (Phi) is 7.25. The van der Waals surface area contributed by atoms with Crippen molar-refractivity contribution in [3.8, 4) is 17.0 Å². The van der Waals surface area contributed by atoms with Crippen LogP contribution < -0.4 is 10.2 Å². The van der Waals surface area contributed by atoms with Crippen LogP contribution in [0.1, 0.15) is 11.1 Å². The Balaban J connectivity index is 1.45. The number of aromatic nitrogens is 1. The molecule has 156 valence electrons. The summed E-state index contributed by atoms with van der Waals surface area (Å²) in [5, 5.41) is 8.20. The first-order valence-corrected chi connectivity index (χ1v) is 11.7. The zero-order chi connectivity index (χ0) is 21.6. The van der Waals surface area contributed by atoms with Crippen LogP contribution in [-0.4, -0.2) is 11.2 Å². The van der Waals surface area contributed by atoms with E-state index in [1.807, 2.05) is 60.0 Å². The van der Waals surface area contributed by atoms with E-state index < -0.39 is 0 Å². The Labute approximate surface area is 202 Å². The largest absolute Gasteiger partial charge is 0.488 e. The van der Waals surface area contributed by atoms with E-state index in [4.69, 9.17) is 27.9 Å². The van der Waals surface area contributed by atoms with Crippen molar-refractivity contribution in [2.45, 2.75) is 6.61 Å². The maximum Gasteiger partial charge on any atom is 0.203 e. The molecule has 31 heavy (non-hydrogen) atoms. The molecule has 4 nitrogen and oxygen atoms in total. The van der Waals surface area contributed by atoms with E-state index in [2.05, 4.69) is 31.4 Å². The van der Waals surface area contributed by atoms with Gasteiger partial charge in [-0.15, -0.1) is 11.3 Å². The number of hydrogen-bond acceptors (Lipinski definition) is 5. The van der Waals surface area contributed by atoms with E-state index >= 15 is 0 Å². The second-order valence-corrected chi connectivity index (χ2v) is 9.10. The van der Waals surface area contributed by atoms with Crippen molar-refractivity contribution in [2.75, 3.05) is 5.43 Å². The number of rotatable bonds is 7. The molecule has 0 aliphatic carbocycles. The zero-order valence-corrected chi connectivity index (χ0v) is 20.0. The Morgan fingerprint density at radius 3 is 2.71 bits per heavy atom. The lowest BCUT2D eigenvalue weighted by atomic mass is 10.2. The Bertz CT molecular complexity index is 1210. The molecule has 0 atom stereocenters. The van der Waals surface area contributed by atoms with Gasteiger partial charge in [-0.1, -0.05) is 75.5 Å². The average molecular weight is 533 g/mol. The number of nitrogens with zero attached hydrogens (tertiary/aromatic N) is 2. The highest BCUT2D eigenvalue weighted by Gasteiger charge is 2.07. The third kappa shape index (κ3) is 5.86. The highest BCUT2D eigenvalue weighted by molar-refractivity contribution is 9.10. The number of halogens is 3. The summed E-state index contributed by atoms with van der Waals surface area (Å²) in [6.07, 6.45) is 1.70. The molecule has 1 aromatic heterocycles. The molecule has 4 rings (SSSR count). The summed E-state index contributed by atoms with van der Waals surface area (Å²) in [7, 11) is 0. The van der Waals surface area contributed by atoms with Crippen molar-refractivity contribution >= 4 is 61.8 Å². The van der Waals surface area contributed by atoms with Gasteiger partial charge in [0.1, 0.15) is 12.4 Å². The molecule has 0 fully saturated rings. The molecule has 4 aromatic rings. The summed E-state index contributed by atoms with van der Waals surface area (Å²) in [6, 6.07) is 21.1. The van der Waals surface area contributed by atoms with E-state index in [1.165, 1.54) is 11.3 Å². The third-order valence-electron chi connectivity index (χ3n) is 4.31. The number of anilines is 1.